The number of ether oxygens (including phenoxy) is 1. The molecule has 5 nitrogen and oxygen atoms in total. The lowest BCUT2D eigenvalue weighted by molar-refractivity contribution is -0.219. The Hall–Kier alpha value is -0.650. The largest absolute Gasteiger partial charge is 0.394 e. The quantitative estimate of drug-likeness (QED) is 0.366. The number of aliphatic hydroxyl groups excluding tert-OH is 1. The van der Waals surface area contributed by atoms with Gasteiger partial charge in [0.15, 0.2) is 0 Å². The highest BCUT2D eigenvalue weighted by Crippen LogP contribution is 2.08. The standard InChI is InChI=1S/C9H19NO4/c1-9(2,3)14-10(8-12)4-6-13-7-5-11/h8,11H,4-7H2,1-3H3. The summed E-state index contributed by atoms with van der Waals surface area (Å²) in [6, 6.07) is 0. The Kier molecular flexibility index (Phi) is 6.44. The second-order valence-electron chi connectivity index (χ2n) is 3.79. The highest BCUT2D eigenvalue weighted by Gasteiger charge is 2.15. The molecule has 0 spiro atoms. The molecule has 0 unspecified atom stereocenters. The number of aliphatic hydroxyl groups is 1. The molecule has 0 radical (unpaired) electrons. The van der Waals surface area contributed by atoms with E-state index in [0.717, 1.165) is 0 Å². The van der Waals surface area contributed by atoms with Gasteiger partial charge in [0.1, 0.15) is 0 Å². The Bertz CT molecular complexity index is 155. The zero-order chi connectivity index (χ0) is 11.0. The first-order valence-electron chi connectivity index (χ1n) is 4.59. The SMILES string of the molecule is CC(C)(C)ON(C=O)CCOCCO. The molecule has 0 saturated carbocycles. The van der Waals surface area contributed by atoms with Gasteiger partial charge < -0.3 is 9.84 Å². The molecule has 5 heteroatoms. The van der Waals surface area contributed by atoms with E-state index in [1.54, 1.807) is 0 Å². The zero-order valence-corrected chi connectivity index (χ0v) is 9.02. The molecular weight excluding hydrogens is 186 g/mol. The fourth-order valence-corrected chi connectivity index (χ4v) is 0.793. The van der Waals surface area contributed by atoms with Crippen molar-refractivity contribution in [1.82, 2.24) is 5.06 Å². The van der Waals surface area contributed by atoms with Gasteiger partial charge in [-0.1, -0.05) is 0 Å². The van der Waals surface area contributed by atoms with Gasteiger partial charge >= 0.3 is 0 Å². The Balaban J connectivity index is 3.64. The van der Waals surface area contributed by atoms with Crippen molar-refractivity contribution in [3.8, 4) is 0 Å². The molecule has 0 rings (SSSR count). The molecule has 0 bridgehead atoms. The molecule has 0 aliphatic rings. The molecule has 0 atom stereocenters. The highest BCUT2D eigenvalue weighted by molar-refractivity contribution is 5.44. The van der Waals surface area contributed by atoms with Crippen LogP contribution in [0, 0.1) is 0 Å². The first-order chi connectivity index (χ1) is 6.49. The molecule has 0 aliphatic carbocycles. The van der Waals surface area contributed by atoms with Crippen LogP contribution in [0.2, 0.25) is 0 Å². The van der Waals surface area contributed by atoms with E-state index in [-0.39, 0.29) is 13.2 Å². The van der Waals surface area contributed by atoms with Crippen LogP contribution in [0.25, 0.3) is 0 Å². The molecule has 14 heavy (non-hydrogen) atoms. The van der Waals surface area contributed by atoms with E-state index in [1.165, 1.54) is 5.06 Å². The molecule has 0 aliphatic heterocycles. The summed E-state index contributed by atoms with van der Waals surface area (Å²) < 4.78 is 5.00. The van der Waals surface area contributed by atoms with Crippen molar-refractivity contribution in [3.63, 3.8) is 0 Å². The maximum absolute atomic E-state index is 10.5. The van der Waals surface area contributed by atoms with Crippen LogP contribution < -0.4 is 0 Å². The summed E-state index contributed by atoms with van der Waals surface area (Å²) in [5.74, 6) is 0. The van der Waals surface area contributed by atoms with Crippen molar-refractivity contribution in [2.24, 2.45) is 0 Å². The van der Waals surface area contributed by atoms with Gasteiger partial charge in [-0.15, -0.1) is 0 Å². The predicted molar refractivity (Wildman–Crippen MR) is 51.5 cm³/mol. The monoisotopic (exact) mass is 205 g/mol. The topological polar surface area (TPSA) is 59.0 Å². The number of rotatable bonds is 7. The van der Waals surface area contributed by atoms with E-state index in [1.807, 2.05) is 20.8 Å². The number of carbonyl (C=O) groups excluding carboxylic acids is 1. The highest BCUT2D eigenvalue weighted by atomic mass is 16.7. The van der Waals surface area contributed by atoms with Crippen molar-refractivity contribution < 1.29 is 19.5 Å². The van der Waals surface area contributed by atoms with Crippen LogP contribution in [0.3, 0.4) is 0 Å². The fraction of sp³-hybridized carbons (Fsp3) is 0.889. The van der Waals surface area contributed by atoms with Crippen LogP contribution in [0.5, 0.6) is 0 Å². The number of carbonyl (C=O) groups is 1. The number of hydroxylamine groups is 2. The van der Waals surface area contributed by atoms with E-state index in [2.05, 4.69) is 0 Å². The Morgan fingerprint density at radius 2 is 2.00 bits per heavy atom. The normalized spacial score (nSPS) is 11.4. The third-order valence-corrected chi connectivity index (χ3v) is 1.20. The molecule has 0 heterocycles. The van der Waals surface area contributed by atoms with Crippen molar-refractivity contribution in [3.05, 3.63) is 0 Å². The molecule has 84 valence electrons. The first-order valence-corrected chi connectivity index (χ1v) is 4.59. The molecule has 0 aromatic rings. The van der Waals surface area contributed by atoms with Gasteiger partial charge in [-0.2, -0.15) is 0 Å². The molecule has 0 saturated heterocycles. The summed E-state index contributed by atoms with van der Waals surface area (Å²) in [6.07, 6.45) is 0.619. The maximum Gasteiger partial charge on any atom is 0.233 e. The number of hydrogen-bond acceptors (Lipinski definition) is 4. The summed E-state index contributed by atoms with van der Waals surface area (Å²) >= 11 is 0. The fourth-order valence-electron chi connectivity index (χ4n) is 0.793. The molecule has 1 N–H and O–H groups in total. The van der Waals surface area contributed by atoms with E-state index in [4.69, 9.17) is 14.7 Å². The molecular formula is C9H19NO4. The minimum atomic E-state index is -0.391. The van der Waals surface area contributed by atoms with Crippen molar-refractivity contribution >= 4 is 6.41 Å². The van der Waals surface area contributed by atoms with Crippen LogP contribution in [0.1, 0.15) is 20.8 Å². The van der Waals surface area contributed by atoms with Gasteiger partial charge in [-0.25, -0.2) is 5.06 Å². The van der Waals surface area contributed by atoms with E-state index >= 15 is 0 Å². The maximum atomic E-state index is 10.5. The predicted octanol–water partition coefficient (Wildman–Crippen LogP) is 0.184. The van der Waals surface area contributed by atoms with Gasteiger partial charge in [0.25, 0.3) is 0 Å². The number of amides is 1. The second kappa shape index (κ2) is 6.75. The van der Waals surface area contributed by atoms with Crippen molar-refractivity contribution in [1.29, 1.82) is 0 Å². The van der Waals surface area contributed by atoms with Crippen LogP contribution in [0.4, 0.5) is 0 Å². The first kappa shape index (κ1) is 13.4. The van der Waals surface area contributed by atoms with Crippen molar-refractivity contribution in [2.75, 3.05) is 26.4 Å². The van der Waals surface area contributed by atoms with Gasteiger partial charge in [0, 0.05) is 0 Å². The summed E-state index contributed by atoms with van der Waals surface area (Å²) in [6.45, 7) is 6.56. The van der Waals surface area contributed by atoms with E-state index in [0.29, 0.717) is 19.6 Å². The molecule has 0 aromatic heterocycles. The van der Waals surface area contributed by atoms with Crippen LogP contribution in [-0.4, -0.2) is 48.5 Å². The van der Waals surface area contributed by atoms with Gasteiger partial charge in [0.05, 0.1) is 32.0 Å². The lowest BCUT2D eigenvalue weighted by Crippen LogP contribution is -2.35. The van der Waals surface area contributed by atoms with E-state index in [9.17, 15) is 4.79 Å². The lowest BCUT2D eigenvalue weighted by Gasteiger charge is -2.26. The average Bonchev–Trinajstić information content (AvgIpc) is 2.08. The van der Waals surface area contributed by atoms with Gasteiger partial charge in [-0.05, 0) is 20.8 Å². The Morgan fingerprint density at radius 3 is 2.43 bits per heavy atom. The number of nitrogens with zero attached hydrogens (tertiary/aromatic N) is 1. The molecule has 1 amide bonds. The minimum absolute atomic E-state index is 0.0127. The Labute approximate surface area is 84.6 Å². The molecule has 0 aromatic carbocycles. The average molecular weight is 205 g/mol. The van der Waals surface area contributed by atoms with Gasteiger partial charge in [-0.3, -0.25) is 9.63 Å². The zero-order valence-electron chi connectivity index (χ0n) is 9.02. The third-order valence-electron chi connectivity index (χ3n) is 1.20. The van der Waals surface area contributed by atoms with Crippen LogP contribution >= 0.6 is 0 Å². The molecule has 0 fully saturated rings. The van der Waals surface area contributed by atoms with E-state index < -0.39 is 5.60 Å². The van der Waals surface area contributed by atoms with Crippen LogP contribution in [0.15, 0.2) is 0 Å². The minimum Gasteiger partial charge on any atom is -0.394 e. The lowest BCUT2D eigenvalue weighted by atomic mass is 10.2. The van der Waals surface area contributed by atoms with Gasteiger partial charge in [0.2, 0.25) is 6.41 Å². The Morgan fingerprint density at radius 1 is 1.36 bits per heavy atom. The summed E-state index contributed by atoms with van der Waals surface area (Å²) in [7, 11) is 0. The second-order valence-corrected chi connectivity index (χ2v) is 3.79. The third kappa shape index (κ3) is 7.97. The number of hydrogen-bond donors (Lipinski definition) is 1. The van der Waals surface area contributed by atoms with Crippen molar-refractivity contribution in [2.45, 2.75) is 26.4 Å². The smallest absolute Gasteiger partial charge is 0.233 e. The summed E-state index contributed by atoms with van der Waals surface area (Å²) in [5, 5.41) is 9.63. The van der Waals surface area contributed by atoms with Crippen LogP contribution in [-0.2, 0) is 14.4 Å². The summed E-state index contributed by atoms with van der Waals surface area (Å²) in [4.78, 5) is 15.8. The summed E-state index contributed by atoms with van der Waals surface area (Å²) in [5.41, 5.74) is -0.391.